The predicted molar refractivity (Wildman–Crippen MR) is 86.3 cm³/mol. The summed E-state index contributed by atoms with van der Waals surface area (Å²) in [6, 6.07) is 4.48. The lowest BCUT2D eigenvalue weighted by Crippen LogP contribution is -2.33. The van der Waals surface area contributed by atoms with Gasteiger partial charge in [-0.2, -0.15) is 0 Å². The fourth-order valence-electron chi connectivity index (χ4n) is 2.35. The van der Waals surface area contributed by atoms with Crippen molar-refractivity contribution in [2.24, 2.45) is 0 Å². The van der Waals surface area contributed by atoms with E-state index in [0.717, 1.165) is 5.01 Å². The summed E-state index contributed by atoms with van der Waals surface area (Å²) < 4.78 is 19.5. The van der Waals surface area contributed by atoms with Crippen molar-refractivity contribution in [3.63, 3.8) is 0 Å². The molecule has 9 heteroatoms. The highest BCUT2D eigenvalue weighted by atomic mass is 32.1. The van der Waals surface area contributed by atoms with Crippen LogP contribution in [0.3, 0.4) is 0 Å². The van der Waals surface area contributed by atoms with E-state index >= 15 is 0 Å². The van der Waals surface area contributed by atoms with E-state index in [-0.39, 0.29) is 19.0 Å². The summed E-state index contributed by atoms with van der Waals surface area (Å²) in [4.78, 5) is 24.2. The molecule has 1 aliphatic heterocycles. The molecule has 1 atom stereocenters. The number of cyclic esters (lactones) is 1. The van der Waals surface area contributed by atoms with Crippen LogP contribution in [-0.4, -0.2) is 41.4 Å². The first kappa shape index (κ1) is 16.3. The van der Waals surface area contributed by atoms with E-state index in [1.807, 2.05) is 0 Å². The van der Waals surface area contributed by atoms with Gasteiger partial charge < -0.3 is 10.1 Å². The number of hydrogen-bond acceptors (Lipinski definition) is 6. The third-order valence-corrected chi connectivity index (χ3v) is 4.35. The standard InChI is InChI=1S/C15H15FN4O3S/c1-8(21)17-6-11-7-20(15(22)23-11)10-3-4-12(13(16)5-10)14-19-18-9(2)24-14/h3-5,11H,6-7H2,1-2H3,(H,17,21)/t11-/m0/s1. The van der Waals surface area contributed by atoms with Gasteiger partial charge in [0, 0.05) is 12.5 Å². The number of carbonyl (C=O) groups is 2. The second-order valence-corrected chi connectivity index (χ2v) is 6.53. The summed E-state index contributed by atoms with van der Waals surface area (Å²) in [6.07, 6.45) is -1.03. The molecule has 1 aromatic carbocycles. The molecule has 0 radical (unpaired) electrons. The van der Waals surface area contributed by atoms with Gasteiger partial charge in [0.25, 0.3) is 0 Å². The molecule has 1 N–H and O–H groups in total. The van der Waals surface area contributed by atoms with Crippen LogP contribution in [0.5, 0.6) is 0 Å². The molecule has 0 spiro atoms. The van der Waals surface area contributed by atoms with Crippen LogP contribution in [0.25, 0.3) is 10.6 Å². The van der Waals surface area contributed by atoms with Crippen molar-refractivity contribution in [3.8, 4) is 10.6 Å². The molecule has 3 rings (SSSR count). The summed E-state index contributed by atoms with van der Waals surface area (Å²) in [6.45, 7) is 3.65. The third-order valence-electron chi connectivity index (χ3n) is 3.47. The van der Waals surface area contributed by atoms with Gasteiger partial charge in [-0.3, -0.25) is 9.69 Å². The molecular formula is C15H15FN4O3S. The minimum absolute atomic E-state index is 0.202. The van der Waals surface area contributed by atoms with Gasteiger partial charge in [0.1, 0.15) is 16.9 Å². The van der Waals surface area contributed by atoms with Crippen molar-refractivity contribution in [2.45, 2.75) is 20.0 Å². The van der Waals surface area contributed by atoms with E-state index in [1.54, 1.807) is 19.1 Å². The Hall–Kier alpha value is -2.55. The van der Waals surface area contributed by atoms with Gasteiger partial charge in [0.2, 0.25) is 5.91 Å². The number of amides is 2. The Morgan fingerprint density at radius 3 is 2.92 bits per heavy atom. The molecule has 1 aromatic heterocycles. The number of nitrogens with one attached hydrogen (secondary N) is 1. The van der Waals surface area contributed by atoms with Crippen LogP contribution < -0.4 is 10.2 Å². The fraction of sp³-hybridized carbons (Fsp3) is 0.333. The molecule has 2 aromatic rings. The lowest BCUT2D eigenvalue weighted by molar-refractivity contribution is -0.119. The van der Waals surface area contributed by atoms with E-state index < -0.39 is 18.0 Å². The molecule has 0 saturated carbocycles. The summed E-state index contributed by atoms with van der Waals surface area (Å²) >= 11 is 1.30. The van der Waals surface area contributed by atoms with Gasteiger partial charge in [-0.15, -0.1) is 10.2 Å². The van der Waals surface area contributed by atoms with E-state index in [2.05, 4.69) is 15.5 Å². The number of halogens is 1. The van der Waals surface area contributed by atoms with Crippen LogP contribution in [0, 0.1) is 12.7 Å². The first-order valence-corrected chi connectivity index (χ1v) is 8.08. The second kappa shape index (κ2) is 6.52. The summed E-state index contributed by atoms with van der Waals surface area (Å²) in [7, 11) is 0. The molecule has 0 bridgehead atoms. The molecule has 7 nitrogen and oxygen atoms in total. The van der Waals surface area contributed by atoms with E-state index in [9.17, 15) is 14.0 Å². The number of benzene rings is 1. The van der Waals surface area contributed by atoms with Gasteiger partial charge in [0.15, 0.2) is 5.01 Å². The molecule has 0 unspecified atom stereocenters. The number of hydrogen-bond donors (Lipinski definition) is 1. The highest BCUT2D eigenvalue weighted by Gasteiger charge is 2.32. The molecule has 126 valence electrons. The summed E-state index contributed by atoms with van der Waals surface area (Å²) in [5, 5.41) is 11.6. The normalized spacial score (nSPS) is 17.0. The van der Waals surface area contributed by atoms with Gasteiger partial charge in [-0.05, 0) is 25.1 Å². The van der Waals surface area contributed by atoms with Crippen LogP contribution in [-0.2, 0) is 9.53 Å². The smallest absolute Gasteiger partial charge is 0.414 e. The third kappa shape index (κ3) is 3.35. The number of aromatic nitrogens is 2. The minimum Gasteiger partial charge on any atom is -0.442 e. The summed E-state index contributed by atoms with van der Waals surface area (Å²) in [5.74, 6) is -0.686. The van der Waals surface area contributed by atoms with Crippen molar-refractivity contribution >= 4 is 29.0 Å². The Labute approximate surface area is 141 Å². The Kier molecular flexibility index (Phi) is 4.43. The maximum Gasteiger partial charge on any atom is 0.414 e. The molecule has 1 fully saturated rings. The highest BCUT2D eigenvalue weighted by molar-refractivity contribution is 7.14. The largest absolute Gasteiger partial charge is 0.442 e. The van der Waals surface area contributed by atoms with Gasteiger partial charge in [0.05, 0.1) is 18.8 Å². The van der Waals surface area contributed by atoms with Crippen LogP contribution in [0.2, 0.25) is 0 Å². The Morgan fingerprint density at radius 2 is 2.29 bits per heavy atom. The quantitative estimate of drug-likeness (QED) is 0.913. The molecule has 1 aliphatic rings. The van der Waals surface area contributed by atoms with Crippen molar-refractivity contribution in [1.82, 2.24) is 15.5 Å². The van der Waals surface area contributed by atoms with Crippen molar-refractivity contribution < 1.29 is 18.7 Å². The predicted octanol–water partition coefficient (Wildman–Crippen LogP) is 2.11. The maximum absolute atomic E-state index is 14.4. The van der Waals surface area contributed by atoms with Crippen LogP contribution in [0.1, 0.15) is 11.9 Å². The zero-order valence-electron chi connectivity index (χ0n) is 13.1. The summed E-state index contributed by atoms with van der Waals surface area (Å²) in [5.41, 5.74) is 0.736. The average Bonchev–Trinajstić information content (AvgIpc) is 3.11. The number of nitrogens with zero attached hydrogens (tertiary/aromatic N) is 3. The van der Waals surface area contributed by atoms with Crippen molar-refractivity contribution in [2.75, 3.05) is 18.0 Å². The van der Waals surface area contributed by atoms with Gasteiger partial charge >= 0.3 is 6.09 Å². The molecular weight excluding hydrogens is 335 g/mol. The fourth-order valence-corrected chi connectivity index (χ4v) is 3.07. The van der Waals surface area contributed by atoms with Crippen molar-refractivity contribution in [1.29, 1.82) is 0 Å². The van der Waals surface area contributed by atoms with E-state index in [1.165, 1.54) is 29.2 Å². The van der Waals surface area contributed by atoms with Crippen LogP contribution in [0.15, 0.2) is 18.2 Å². The highest BCUT2D eigenvalue weighted by Crippen LogP contribution is 2.30. The van der Waals surface area contributed by atoms with Crippen LogP contribution >= 0.6 is 11.3 Å². The topological polar surface area (TPSA) is 84.4 Å². The SMILES string of the molecule is CC(=O)NC[C@H]1CN(c2ccc(-c3nnc(C)s3)c(F)c2)C(=O)O1. The number of aryl methyl sites for hydroxylation is 1. The lowest BCUT2D eigenvalue weighted by Gasteiger charge is -2.14. The molecule has 24 heavy (non-hydrogen) atoms. The average molecular weight is 350 g/mol. The second-order valence-electron chi connectivity index (χ2n) is 5.34. The Bertz CT molecular complexity index is 795. The minimum atomic E-state index is -0.565. The number of ether oxygens (including phenoxy) is 1. The zero-order valence-corrected chi connectivity index (χ0v) is 13.9. The Morgan fingerprint density at radius 1 is 1.50 bits per heavy atom. The monoisotopic (exact) mass is 350 g/mol. The van der Waals surface area contributed by atoms with E-state index in [0.29, 0.717) is 16.3 Å². The van der Waals surface area contributed by atoms with Crippen molar-refractivity contribution in [3.05, 3.63) is 29.0 Å². The zero-order chi connectivity index (χ0) is 17.3. The molecule has 2 amide bonds. The van der Waals surface area contributed by atoms with Crippen LogP contribution in [0.4, 0.5) is 14.9 Å². The Balaban J connectivity index is 1.77. The number of carbonyl (C=O) groups excluding carboxylic acids is 2. The molecule has 0 aliphatic carbocycles. The van der Waals surface area contributed by atoms with Gasteiger partial charge in [-0.25, -0.2) is 9.18 Å². The van der Waals surface area contributed by atoms with Gasteiger partial charge in [-0.1, -0.05) is 11.3 Å². The number of rotatable bonds is 4. The molecule has 2 heterocycles. The number of anilines is 1. The maximum atomic E-state index is 14.4. The first-order chi connectivity index (χ1) is 11.4. The first-order valence-electron chi connectivity index (χ1n) is 7.26. The van der Waals surface area contributed by atoms with E-state index in [4.69, 9.17) is 4.74 Å². The molecule has 1 saturated heterocycles. The lowest BCUT2D eigenvalue weighted by atomic mass is 10.2.